The lowest BCUT2D eigenvalue weighted by Gasteiger charge is -2.28. The van der Waals surface area contributed by atoms with E-state index in [1.165, 1.54) is 11.1 Å². The first-order valence-electron chi connectivity index (χ1n) is 10.1. The van der Waals surface area contributed by atoms with E-state index < -0.39 is 0 Å². The summed E-state index contributed by atoms with van der Waals surface area (Å²) in [7, 11) is 1.67. The van der Waals surface area contributed by atoms with Crippen LogP contribution in [0, 0.1) is 13.1 Å². The van der Waals surface area contributed by atoms with E-state index in [-0.39, 0.29) is 6.04 Å². The summed E-state index contributed by atoms with van der Waals surface area (Å²) in [4.78, 5) is 15.6. The van der Waals surface area contributed by atoms with Crippen LogP contribution in [0.1, 0.15) is 29.4 Å². The lowest BCUT2D eigenvalue weighted by Crippen LogP contribution is -2.39. The molecule has 0 bridgehead atoms. The third kappa shape index (κ3) is 3.34. The maximum Gasteiger partial charge on any atom is 0.130 e. The Bertz CT molecular complexity index is 1170. The zero-order chi connectivity index (χ0) is 20.7. The number of likely N-dealkylation sites (tertiary alicyclic amines) is 1. The predicted molar refractivity (Wildman–Crippen MR) is 119 cm³/mol. The number of nitrogens with zero attached hydrogens (tertiary/aromatic N) is 3. The number of rotatable bonds is 3. The number of fused-ring (bicyclic) bond motifs is 1. The first-order chi connectivity index (χ1) is 14.6. The molecule has 1 atom stereocenters. The molecule has 5 rings (SSSR count). The molecule has 151 valence electrons. The van der Waals surface area contributed by atoms with Crippen LogP contribution in [0.4, 0.5) is 0 Å². The smallest absolute Gasteiger partial charge is 0.130 e. The first kappa shape index (κ1) is 18.5. The molecule has 2 aliphatic rings. The molecule has 6 heteroatoms. The number of amidine groups is 1. The molecule has 0 unspecified atom stereocenters. The first-order valence-corrected chi connectivity index (χ1v) is 10.1. The van der Waals surface area contributed by atoms with E-state index in [4.69, 9.17) is 14.7 Å². The van der Waals surface area contributed by atoms with Gasteiger partial charge in [0.05, 0.1) is 42.6 Å². The van der Waals surface area contributed by atoms with Crippen LogP contribution in [0.25, 0.3) is 16.7 Å². The summed E-state index contributed by atoms with van der Waals surface area (Å²) in [5.74, 6) is 2.71. The van der Waals surface area contributed by atoms with Crippen LogP contribution < -0.4 is 10.1 Å². The molecule has 0 spiro atoms. The van der Waals surface area contributed by atoms with Crippen molar-refractivity contribution in [3.63, 3.8) is 0 Å². The van der Waals surface area contributed by atoms with Gasteiger partial charge in [-0.2, -0.15) is 0 Å². The minimum absolute atomic E-state index is 0.0776. The fourth-order valence-corrected chi connectivity index (χ4v) is 4.02. The van der Waals surface area contributed by atoms with Crippen molar-refractivity contribution in [2.45, 2.75) is 19.4 Å². The number of aromatic amines is 1. The fraction of sp³-hybridized carbons (Fsp3) is 0.250. The minimum Gasteiger partial charge on any atom is -0.497 e. The van der Waals surface area contributed by atoms with Crippen LogP contribution in [0.15, 0.2) is 59.6 Å². The molecular weight excluding hydrogens is 374 g/mol. The number of ether oxygens (including phenoxy) is 1. The van der Waals surface area contributed by atoms with Gasteiger partial charge < -0.3 is 19.9 Å². The molecule has 0 amide bonds. The van der Waals surface area contributed by atoms with Gasteiger partial charge >= 0.3 is 0 Å². The standard InChI is InChI=1S/C24H24N5O/c1-15-4-6-17(7-5-15)21-12-25-13-23(26-21)29-14-16(2)10-22(29)24-27-19-9-8-18(30-3)11-20(19)28-24/h4-9,11,22,25H,2,10,13-14H2,1,3H3,(H,27,28)/t22-/m0/s1. The van der Waals surface area contributed by atoms with Crippen LogP contribution >= 0.6 is 0 Å². The number of hydrogen-bond donors (Lipinski definition) is 2. The number of aryl methyl sites for hydroxylation is 1. The van der Waals surface area contributed by atoms with Crippen LogP contribution in [0.5, 0.6) is 5.75 Å². The van der Waals surface area contributed by atoms with Gasteiger partial charge in [0.25, 0.3) is 0 Å². The minimum atomic E-state index is 0.0776. The largest absolute Gasteiger partial charge is 0.497 e. The Morgan fingerprint density at radius 1 is 1.20 bits per heavy atom. The molecule has 0 aliphatic carbocycles. The molecule has 2 aliphatic heterocycles. The molecule has 3 aromatic rings. The highest BCUT2D eigenvalue weighted by atomic mass is 16.5. The van der Waals surface area contributed by atoms with Crippen LogP contribution in [-0.2, 0) is 0 Å². The van der Waals surface area contributed by atoms with Crippen LogP contribution in [-0.4, -0.2) is 40.9 Å². The molecule has 3 heterocycles. The van der Waals surface area contributed by atoms with E-state index in [1.807, 2.05) is 18.2 Å². The van der Waals surface area contributed by atoms with Gasteiger partial charge in [-0.05, 0) is 25.5 Å². The maximum atomic E-state index is 5.34. The molecule has 1 saturated heterocycles. The number of benzene rings is 2. The summed E-state index contributed by atoms with van der Waals surface area (Å²) in [6, 6.07) is 14.3. The zero-order valence-corrected chi connectivity index (χ0v) is 17.2. The van der Waals surface area contributed by atoms with Gasteiger partial charge in [0.1, 0.15) is 17.4 Å². The number of aromatic nitrogens is 2. The highest BCUT2D eigenvalue weighted by molar-refractivity contribution is 5.92. The van der Waals surface area contributed by atoms with E-state index in [9.17, 15) is 0 Å². The van der Waals surface area contributed by atoms with Crippen molar-refractivity contribution < 1.29 is 4.74 Å². The highest BCUT2D eigenvalue weighted by Crippen LogP contribution is 2.35. The van der Waals surface area contributed by atoms with Crippen molar-refractivity contribution in [3.05, 3.63) is 77.8 Å². The predicted octanol–water partition coefficient (Wildman–Crippen LogP) is 3.99. The molecular formula is C24H24N5O. The quantitative estimate of drug-likeness (QED) is 0.655. The number of hydrogen-bond acceptors (Lipinski definition) is 5. The molecule has 2 aromatic carbocycles. The monoisotopic (exact) mass is 398 g/mol. The Hall–Kier alpha value is -3.54. The maximum absolute atomic E-state index is 5.34. The second-order valence-corrected chi connectivity index (χ2v) is 7.82. The Balaban J connectivity index is 1.47. The molecule has 6 nitrogen and oxygen atoms in total. The molecule has 1 fully saturated rings. The van der Waals surface area contributed by atoms with Crippen molar-refractivity contribution in [1.29, 1.82) is 0 Å². The third-order valence-corrected chi connectivity index (χ3v) is 5.63. The topological polar surface area (TPSA) is 65.5 Å². The van der Waals surface area contributed by atoms with Crippen LogP contribution in [0.2, 0.25) is 0 Å². The number of nitrogens with one attached hydrogen (secondary N) is 2. The van der Waals surface area contributed by atoms with Crippen molar-refractivity contribution >= 4 is 22.6 Å². The van der Waals surface area contributed by atoms with Crippen molar-refractivity contribution in [3.8, 4) is 5.75 Å². The lowest BCUT2D eigenvalue weighted by molar-refractivity contribution is 0.380. The molecule has 30 heavy (non-hydrogen) atoms. The number of methoxy groups -OCH3 is 1. The van der Waals surface area contributed by atoms with Crippen LogP contribution in [0.3, 0.4) is 0 Å². The molecule has 1 radical (unpaired) electrons. The average Bonchev–Trinajstić information content (AvgIpc) is 3.37. The van der Waals surface area contributed by atoms with Gasteiger partial charge in [-0.25, -0.2) is 9.98 Å². The second kappa shape index (κ2) is 7.37. The SMILES string of the molecule is C=C1C[C@@H](c2nc3cc(OC)ccc3[nH]2)N(C2=NC(c3ccc(C)cc3)=[C]NC2)C1. The van der Waals surface area contributed by atoms with Crippen molar-refractivity contribution in [2.75, 3.05) is 20.2 Å². The van der Waals surface area contributed by atoms with Crippen molar-refractivity contribution in [1.82, 2.24) is 20.2 Å². The van der Waals surface area contributed by atoms with E-state index >= 15 is 0 Å². The van der Waals surface area contributed by atoms with E-state index in [0.29, 0.717) is 6.54 Å². The summed E-state index contributed by atoms with van der Waals surface area (Å²) in [6.07, 6.45) is 4.05. The second-order valence-electron chi connectivity index (χ2n) is 7.82. The summed E-state index contributed by atoms with van der Waals surface area (Å²) in [6.45, 7) is 7.73. The number of aliphatic imine (C=N–C) groups is 1. The third-order valence-electron chi connectivity index (χ3n) is 5.63. The van der Waals surface area contributed by atoms with Gasteiger partial charge in [0, 0.05) is 18.2 Å². The fourth-order valence-electron chi connectivity index (χ4n) is 4.02. The van der Waals surface area contributed by atoms with E-state index in [2.05, 4.69) is 59.2 Å². The summed E-state index contributed by atoms with van der Waals surface area (Å²) in [5.41, 5.74) is 6.18. The summed E-state index contributed by atoms with van der Waals surface area (Å²) in [5, 5.41) is 3.27. The van der Waals surface area contributed by atoms with Gasteiger partial charge in [-0.1, -0.05) is 42.0 Å². The Kier molecular flexibility index (Phi) is 4.54. The molecule has 1 aromatic heterocycles. The highest BCUT2D eigenvalue weighted by Gasteiger charge is 2.33. The van der Waals surface area contributed by atoms with E-state index in [1.54, 1.807) is 7.11 Å². The zero-order valence-electron chi connectivity index (χ0n) is 17.2. The molecule has 0 saturated carbocycles. The Morgan fingerprint density at radius 2 is 2.03 bits per heavy atom. The van der Waals surface area contributed by atoms with Gasteiger partial charge in [-0.3, -0.25) is 0 Å². The lowest BCUT2D eigenvalue weighted by atomic mass is 10.1. The summed E-state index contributed by atoms with van der Waals surface area (Å²) >= 11 is 0. The van der Waals surface area contributed by atoms with Gasteiger partial charge in [0.15, 0.2) is 0 Å². The Labute approximate surface area is 176 Å². The number of H-pyrrole nitrogens is 1. The number of imidazole rings is 1. The molecule has 2 N–H and O–H groups in total. The van der Waals surface area contributed by atoms with Gasteiger partial charge in [0.2, 0.25) is 0 Å². The van der Waals surface area contributed by atoms with Gasteiger partial charge in [-0.15, -0.1) is 0 Å². The Morgan fingerprint density at radius 3 is 2.83 bits per heavy atom. The normalized spacial score (nSPS) is 18.9. The van der Waals surface area contributed by atoms with E-state index in [0.717, 1.165) is 52.7 Å². The summed E-state index contributed by atoms with van der Waals surface area (Å²) < 4.78 is 5.34. The van der Waals surface area contributed by atoms with Crippen molar-refractivity contribution in [2.24, 2.45) is 4.99 Å². The average molecular weight is 398 g/mol.